The van der Waals surface area contributed by atoms with Gasteiger partial charge in [0.25, 0.3) is 0 Å². The number of hydrogen-bond acceptors (Lipinski definition) is 4. The monoisotopic (exact) mass is 516 g/mol. The Labute approximate surface area is 227 Å². The molecule has 0 radical (unpaired) electrons. The first-order valence-electron chi connectivity index (χ1n) is 15.1. The van der Waals surface area contributed by atoms with E-state index in [1.165, 1.54) is 32.1 Å². The van der Waals surface area contributed by atoms with Crippen LogP contribution in [0.1, 0.15) is 113 Å². The largest absolute Gasteiger partial charge is 0.336 e. The highest BCUT2D eigenvalue weighted by Gasteiger charge is 2.51. The lowest BCUT2D eigenvalue weighted by molar-refractivity contribution is -0.162. The van der Waals surface area contributed by atoms with Gasteiger partial charge in [-0.05, 0) is 139 Å². The Morgan fingerprint density at radius 1 is 0.568 bits per heavy atom. The van der Waals surface area contributed by atoms with Crippen LogP contribution in [0.4, 0.5) is 0 Å². The summed E-state index contributed by atoms with van der Waals surface area (Å²) in [4.78, 5) is 35.8. The van der Waals surface area contributed by atoms with E-state index in [4.69, 9.17) is 0 Å². The van der Waals surface area contributed by atoms with Crippen molar-refractivity contribution in [1.82, 2.24) is 19.6 Å². The van der Waals surface area contributed by atoms with Crippen molar-refractivity contribution in [3.8, 4) is 0 Å². The Kier molecular flexibility index (Phi) is 7.64. The quantitative estimate of drug-likeness (QED) is 0.518. The normalized spacial score (nSPS) is 36.6. The van der Waals surface area contributed by atoms with E-state index in [1.807, 2.05) is 0 Å². The fraction of sp³-hybridized carbons (Fsp3) is 0.935. The van der Waals surface area contributed by atoms with Gasteiger partial charge in [0.1, 0.15) is 0 Å². The molecule has 37 heavy (non-hydrogen) atoms. The maximum Gasteiger partial charge on any atom is 0.242 e. The van der Waals surface area contributed by atoms with Crippen LogP contribution in [0.2, 0.25) is 0 Å². The molecule has 0 N–H and O–H groups in total. The van der Waals surface area contributed by atoms with Crippen LogP contribution in [-0.2, 0) is 9.59 Å². The summed E-state index contributed by atoms with van der Waals surface area (Å²) in [6, 6.07) is 0.809. The molecule has 0 bridgehead atoms. The fourth-order valence-corrected chi connectivity index (χ4v) is 8.14. The minimum Gasteiger partial charge on any atom is -0.336 e. The molecule has 4 aliphatic rings. The molecule has 2 saturated heterocycles. The zero-order valence-electron chi connectivity index (χ0n) is 25.7. The number of carbonyl (C=O) groups excluding carboxylic acids is 2. The van der Waals surface area contributed by atoms with Gasteiger partial charge in [0, 0.05) is 36.3 Å². The molecule has 2 heterocycles. The van der Waals surface area contributed by atoms with Gasteiger partial charge in [-0.3, -0.25) is 19.4 Å². The van der Waals surface area contributed by atoms with Crippen molar-refractivity contribution in [2.24, 2.45) is 11.8 Å². The number of likely N-dealkylation sites (N-methyl/N-ethyl adjacent to an activating group) is 2. The van der Waals surface area contributed by atoms with E-state index in [9.17, 15) is 9.59 Å². The number of hydrogen-bond donors (Lipinski definition) is 0. The Hall–Kier alpha value is -1.14. The van der Waals surface area contributed by atoms with Crippen LogP contribution in [0.25, 0.3) is 0 Å². The van der Waals surface area contributed by atoms with Gasteiger partial charge < -0.3 is 9.80 Å². The smallest absolute Gasteiger partial charge is 0.242 e. The molecule has 2 saturated carbocycles. The molecule has 2 aliphatic heterocycles. The maximum absolute atomic E-state index is 13.4. The summed E-state index contributed by atoms with van der Waals surface area (Å²) in [5, 5.41) is 0. The standard InChI is InChI=1S/C31H56N4O2/c1-28(2)20-34(26(36)30(5,6)32(28)9)24-15-11-22(12-16-24)19-23-13-17-25(18-14-23)35-21-29(3,4)33(10)31(7,8)27(35)37/h22-25H,11-21H2,1-10H3. The lowest BCUT2D eigenvalue weighted by atomic mass is 9.74. The van der Waals surface area contributed by atoms with E-state index in [2.05, 4.69) is 89.1 Å². The Morgan fingerprint density at radius 2 is 0.865 bits per heavy atom. The van der Waals surface area contributed by atoms with E-state index < -0.39 is 11.1 Å². The number of rotatable bonds is 4. The molecule has 0 spiro atoms. The van der Waals surface area contributed by atoms with E-state index in [0.29, 0.717) is 23.9 Å². The maximum atomic E-state index is 13.4. The van der Waals surface area contributed by atoms with Gasteiger partial charge >= 0.3 is 0 Å². The molecule has 2 amide bonds. The van der Waals surface area contributed by atoms with Crippen LogP contribution >= 0.6 is 0 Å². The first-order valence-corrected chi connectivity index (χ1v) is 15.1. The minimum atomic E-state index is -0.438. The topological polar surface area (TPSA) is 47.1 Å². The van der Waals surface area contributed by atoms with E-state index in [0.717, 1.165) is 50.6 Å². The molecule has 0 atom stereocenters. The molecule has 4 rings (SSSR count). The van der Waals surface area contributed by atoms with Crippen LogP contribution in [-0.4, -0.2) is 92.8 Å². The van der Waals surface area contributed by atoms with Gasteiger partial charge in [-0.1, -0.05) is 0 Å². The van der Waals surface area contributed by atoms with Crippen molar-refractivity contribution >= 4 is 11.8 Å². The molecule has 2 aliphatic carbocycles. The minimum absolute atomic E-state index is 0.00246. The average Bonchev–Trinajstić information content (AvgIpc) is 2.83. The average molecular weight is 517 g/mol. The van der Waals surface area contributed by atoms with Crippen LogP contribution in [0.3, 0.4) is 0 Å². The lowest BCUT2D eigenvalue weighted by Crippen LogP contribution is -2.71. The number of amides is 2. The van der Waals surface area contributed by atoms with Gasteiger partial charge in [-0.25, -0.2) is 0 Å². The molecule has 212 valence electrons. The summed E-state index contributed by atoms with van der Waals surface area (Å²) in [5.74, 6) is 2.20. The van der Waals surface area contributed by atoms with Crippen molar-refractivity contribution in [2.45, 2.75) is 147 Å². The Morgan fingerprint density at radius 3 is 1.16 bits per heavy atom. The molecule has 0 aromatic rings. The van der Waals surface area contributed by atoms with Crippen LogP contribution in [0.5, 0.6) is 0 Å². The van der Waals surface area contributed by atoms with Gasteiger partial charge in [0.15, 0.2) is 0 Å². The van der Waals surface area contributed by atoms with Gasteiger partial charge in [-0.2, -0.15) is 0 Å². The molecular formula is C31H56N4O2. The predicted octanol–water partition coefficient (Wildman–Crippen LogP) is 5.16. The summed E-state index contributed by atoms with van der Waals surface area (Å²) >= 11 is 0. The van der Waals surface area contributed by atoms with Gasteiger partial charge in [0.2, 0.25) is 11.8 Å². The summed E-state index contributed by atoms with van der Waals surface area (Å²) in [6.45, 7) is 19.1. The van der Waals surface area contributed by atoms with Gasteiger partial charge in [-0.15, -0.1) is 0 Å². The van der Waals surface area contributed by atoms with Crippen molar-refractivity contribution in [2.75, 3.05) is 27.2 Å². The van der Waals surface area contributed by atoms with Gasteiger partial charge in [0.05, 0.1) is 11.1 Å². The summed E-state index contributed by atoms with van der Waals surface area (Å²) in [5.41, 5.74) is -0.870. The van der Waals surface area contributed by atoms with Crippen LogP contribution in [0.15, 0.2) is 0 Å². The summed E-state index contributed by atoms with van der Waals surface area (Å²) in [7, 11) is 4.20. The Balaban J connectivity index is 1.27. The van der Waals surface area contributed by atoms with Crippen molar-refractivity contribution in [3.05, 3.63) is 0 Å². The molecule has 6 nitrogen and oxygen atoms in total. The SMILES string of the molecule is CN1C(C)(C)CN(C2CCC(CC3CCC(N4CC(C)(C)N(C)C(C)(C)C4=O)CC3)CC2)C(=O)C1(C)C. The molecule has 6 heteroatoms. The number of nitrogens with zero attached hydrogens (tertiary/aromatic N) is 4. The second-order valence-corrected chi connectivity index (χ2v) is 15.3. The van der Waals surface area contributed by atoms with Crippen molar-refractivity contribution in [3.63, 3.8) is 0 Å². The first kappa shape index (κ1) is 28.9. The number of piperazine rings is 2. The third-order valence-electron chi connectivity index (χ3n) is 11.4. The second-order valence-electron chi connectivity index (χ2n) is 15.3. The fourth-order valence-electron chi connectivity index (χ4n) is 8.14. The highest BCUT2D eigenvalue weighted by atomic mass is 16.2. The Bertz CT molecular complexity index is 792. The molecule has 0 unspecified atom stereocenters. The third-order valence-corrected chi connectivity index (χ3v) is 11.4. The zero-order chi connectivity index (χ0) is 27.6. The van der Waals surface area contributed by atoms with Crippen molar-refractivity contribution < 1.29 is 9.59 Å². The predicted molar refractivity (Wildman–Crippen MR) is 151 cm³/mol. The highest BCUT2D eigenvalue weighted by Crippen LogP contribution is 2.41. The van der Waals surface area contributed by atoms with Crippen LogP contribution in [0, 0.1) is 11.8 Å². The van der Waals surface area contributed by atoms with Crippen molar-refractivity contribution in [1.29, 1.82) is 0 Å². The lowest BCUT2D eigenvalue weighted by Gasteiger charge is -2.56. The van der Waals surface area contributed by atoms with E-state index in [-0.39, 0.29) is 11.1 Å². The summed E-state index contributed by atoms with van der Waals surface area (Å²) in [6.07, 6.45) is 11.0. The number of carbonyl (C=O) groups is 2. The molecule has 0 aromatic heterocycles. The van der Waals surface area contributed by atoms with Crippen LogP contribution < -0.4 is 0 Å². The summed E-state index contributed by atoms with van der Waals surface area (Å²) < 4.78 is 0. The van der Waals surface area contributed by atoms with E-state index >= 15 is 0 Å². The molecule has 0 aromatic carbocycles. The van der Waals surface area contributed by atoms with E-state index in [1.54, 1.807) is 0 Å². The second kappa shape index (κ2) is 9.80. The highest BCUT2D eigenvalue weighted by molar-refractivity contribution is 5.87. The first-order chi connectivity index (χ1) is 17.0. The zero-order valence-corrected chi connectivity index (χ0v) is 25.7. The third kappa shape index (κ3) is 5.23. The molecular weight excluding hydrogens is 460 g/mol. The molecule has 4 fully saturated rings.